The van der Waals surface area contributed by atoms with E-state index in [2.05, 4.69) is 49.5 Å². The maximum absolute atomic E-state index is 4.35. The van der Waals surface area contributed by atoms with Crippen LogP contribution in [0.2, 0.25) is 0 Å². The second-order valence-electron chi connectivity index (χ2n) is 3.44. The molecule has 0 amide bonds. The molecule has 0 saturated heterocycles. The maximum Gasteiger partial charge on any atom is 0.0574 e. The normalized spacial score (nSPS) is 10.9. The number of hydrogen-bond acceptors (Lipinski definition) is 5. The molecule has 0 radical (unpaired) electrons. The van der Waals surface area contributed by atoms with Crippen molar-refractivity contribution in [2.24, 2.45) is 0 Å². The molecule has 0 bridgehead atoms. The monoisotopic (exact) mass is 312 g/mol. The van der Waals surface area contributed by atoms with Gasteiger partial charge in [-0.2, -0.15) is 0 Å². The Morgan fingerprint density at radius 2 is 0.882 bits per heavy atom. The van der Waals surface area contributed by atoms with Crippen LogP contribution in [-0.2, 0) is 0 Å². The molecular formula is C12H8S5. The van der Waals surface area contributed by atoms with Gasteiger partial charge in [0.2, 0.25) is 0 Å². The highest BCUT2D eigenvalue weighted by atomic mass is 32.2. The van der Waals surface area contributed by atoms with E-state index in [9.17, 15) is 0 Å². The third-order valence-electron chi connectivity index (χ3n) is 2.28. The van der Waals surface area contributed by atoms with Crippen molar-refractivity contribution in [1.29, 1.82) is 0 Å². The fraction of sp³-hybridized carbons (Fsp3) is 0. The summed E-state index contributed by atoms with van der Waals surface area (Å²) in [6.07, 6.45) is 0. The van der Waals surface area contributed by atoms with Crippen molar-refractivity contribution in [3.8, 4) is 19.5 Å². The molecule has 0 N–H and O–H groups in total. The minimum Gasteiger partial charge on any atom is -0.134 e. The Morgan fingerprint density at radius 1 is 0.529 bits per heavy atom. The molecule has 0 unspecified atom stereocenters. The molecule has 0 spiro atoms. The van der Waals surface area contributed by atoms with Crippen molar-refractivity contribution in [1.82, 2.24) is 0 Å². The van der Waals surface area contributed by atoms with Gasteiger partial charge in [0.15, 0.2) is 0 Å². The zero-order valence-corrected chi connectivity index (χ0v) is 12.8. The fourth-order valence-electron chi connectivity index (χ4n) is 1.52. The summed E-state index contributed by atoms with van der Waals surface area (Å²) in [5.41, 5.74) is 0. The highest BCUT2D eigenvalue weighted by Crippen LogP contribution is 2.40. The molecule has 0 nitrogen and oxygen atoms in total. The predicted molar refractivity (Wildman–Crippen MR) is 85.4 cm³/mol. The summed E-state index contributed by atoms with van der Waals surface area (Å²) in [5, 5.41) is 0. The number of rotatable bonds is 2. The summed E-state index contributed by atoms with van der Waals surface area (Å²) in [6, 6.07) is 12.7. The predicted octanol–water partition coefficient (Wildman–Crippen LogP) is 5.78. The van der Waals surface area contributed by atoms with Crippen LogP contribution in [0.15, 0.2) is 44.8 Å². The Hall–Kier alpha value is -0.200. The second-order valence-corrected chi connectivity index (χ2v) is 8.26. The quantitative estimate of drug-likeness (QED) is 0.550. The summed E-state index contributed by atoms with van der Waals surface area (Å²) in [6.45, 7) is 0. The average Bonchev–Trinajstić information content (AvgIpc) is 2.96. The number of thiophene rings is 3. The van der Waals surface area contributed by atoms with E-state index in [0.717, 1.165) is 8.42 Å². The number of hydrogen-bond donors (Lipinski definition) is 2. The Labute approximate surface area is 123 Å². The van der Waals surface area contributed by atoms with E-state index in [1.807, 2.05) is 23.5 Å². The van der Waals surface area contributed by atoms with Crippen molar-refractivity contribution in [3.63, 3.8) is 0 Å². The van der Waals surface area contributed by atoms with Gasteiger partial charge < -0.3 is 0 Å². The lowest BCUT2D eigenvalue weighted by molar-refractivity contribution is 1.76. The highest BCUT2D eigenvalue weighted by molar-refractivity contribution is 7.83. The molecule has 3 aromatic rings. The largest absolute Gasteiger partial charge is 0.134 e. The molecule has 3 heterocycles. The molecule has 0 fully saturated rings. The first kappa shape index (κ1) is 11.9. The third-order valence-corrected chi connectivity index (χ3v) is 6.37. The van der Waals surface area contributed by atoms with Crippen LogP contribution in [0, 0.1) is 0 Å². The molecule has 0 aliphatic heterocycles. The van der Waals surface area contributed by atoms with E-state index in [4.69, 9.17) is 0 Å². The molecule has 0 saturated carbocycles. The van der Waals surface area contributed by atoms with Gasteiger partial charge in [0, 0.05) is 19.5 Å². The van der Waals surface area contributed by atoms with Crippen LogP contribution in [0.5, 0.6) is 0 Å². The molecule has 17 heavy (non-hydrogen) atoms. The van der Waals surface area contributed by atoms with Gasteiger partial charge in [0.25, 0.3) is 0 Å². The molecule has 0 aliphatic rings. The first-order valence-corrected chi connectivity index (χ1v) is 8.25. The summed E-state index contributed by atoms with van der Waals surface area (Å²) < 4.78 is 2.12. The summed E-state index contributed by atoms with van der Waals surface area (Å²) >= 11 is 14.0. The smallest absolute Gasteiger partial charge is 0.0574 e. The molecule has 3 rings (SSSR count). The lowest BCUT2D eigenvalue weighted by Crippen LogP contribution is -1.57. The van der Waals surface area contributed by atoms with E-state index in [-0.39, 0.29) is 0 Å². The Kier molecular flexibility index (Phi) is 3.36. The van der Waals surface area contributed by atoms with Crippen LogP contribution in [-0.4, -0.2) is 0 Å². The van der Waals surface area contributed by atoms with Crippen LogP contribution >= 0.6 is 59.3 Å². The molecule has 0 atom stereocenters. The molecule has 3 aromatic heterocycles. The van der Waals surface area contributed by atoms with Gasteiger partial charge in [0.05, 0.1) is 8.42 Å². The summed E-state index contributed by atoms with van der Waals surface area (Å²) in [5.74, 6) is 0. The van der Waals surface area contributed by atoms with Crippen LogP contribution < -0.4 is 0 Å². The number of thiol groups is 2. The Morgan fingerprint density at radius 3 is 1.24 bits per heavy atom. The van der Waals surface area contributed by atoms with Gasteiger partial charge in [-0.3, -0.25) is 0 Å². The van der Waals surface area contributed by atoms with Crippen LogP contribution in [0.3, 0.4) is 0 Å². The van der Waals surface area contributed by atoms with Crippen LogP contribution in [0.4, 0.5) is 0 Å². The maximum atomic E-state index is 4.35. The molecular weight excluding hydrogens is 304 g/mol. The zero-order valence-electron chi connectivity index (χ0n) is 8.58. The highest BCUT2D eigenvalue weighted by Gasteiger charge is 2.08. The van der Waals surface area contributed by atoms with Crippen molar-refractivity contribution < 1.29 is 0 Å². The van der Waals surface area contributed by atoms with Gasteiger partial charge in [-0.15, -0.1) is 59.3 Å². The van der Waals surface area contributed by atoms with E-state index in [1.54, 1.807) is 22.7 Å². The van der Waals surface area contributed by atoms with Crippen molar-refractivity contribution in [2.45, 2.75) is 8.42 Å². The lowest BCUT2D eigenvalue weighted by atomic mass is 10.3. The topological polar surface area (TPSA) is 0 Å². The minimum atomic E-state index is 1.06. The van der Waals surface area contributed by atoms with Gasteiger partial charge in [-0.05, 0) is 36.4 Å². The van der Waals surface area contributed by atoms with Crippen molar-refractivity contribution in [2.75, 3.05) is 0 Å². The molecule has 86 valence electrons. The Bertz CT molecular complexity index is 588. The van der Waals surface area contributed by atoms with E-state index in [0.29, 0.717) is 0 Å². The SMILES string of the molecule is Sc1ccc(-c2ccc(-c3ccc(S)s3)s2)s1. The van der Waals surface area contributed by atoms with E-state index in [1.165, 1.54) is 19.5 Å². The van der Waals surface area contributed by atoms with E-state index >= 15 is 0 Å². The molecule has 5 heteroatoms. The fourth-order valence-corrected chi connectivity index (χ4v) is 4.94. The van der Waals surface area contributed by atoms with Gasteiger partial charge >= 0.3 is 0 Å². The van der Waals surface area contributed by atoms with Gasteiger partial charge in [0.1, 0.15) is 0 Å². The van der Waals surface area contributed by atoms with E-state index < -0.39 is 0 Å². The van der Waals surface area contributed by atoms with Crippen molar-refractivity contribution in [3.05, 3.63) is 36.4 Å². The third kappa shape index (κ3) is 2.48. The van der Waals surface area contributed by atoms with Crippen LogP contribution in [0.25, 0.3) is 19.5 Å². The average molecular weight is 313 g/mol. The molecule has 0 aromatic carbocycles. The first-order valence-electron chi connectivity index (χ1n) is 4.90. The first-order chi connectivity index (χ1) is 8.22. The summed E-state index contributed by atoms with van der Waals surface area (Å²) in [4.78, 5) is 5.18. The van der Waals surface area contributed by atoms with Gasteiger partial charge in [-0.1, -0.05) is 0 Å². The Balaban J connectivity index is 1.98. The lowest BCUT2D eigenvalue weighted by Gasteiger charge is -1.90. The standard InChI is InChI=1S/C12H8S5/c13-11-5-3-9(16-11)7-1-2-8(15-7)10-4-6-12(14)17-10/h1-6,13-14H. The van der Waals surface area contributed by atoms with Gasteiger partial charge in [-0.25, -0.2) is 0 Å². The molecule has 0 aliphatic carbocycles. The van der Waals surface area contributed by atoms with Crippen molar-refractivity contribution >= 4 is 59.3 Å². The second kappa shape index (κ2) is 4.82. The summed E-state index contributed by atoms with van der Waals surface area (Å²) in [7, 11) is 0. The minimum absolute atomic E-state index is 1.06. The van der Waals surface area contributed by atoms with Crippen LogP contribution in [0.1, 0.15) is 0 Å². The zero-order chi connectivity index (χ0) is 11.8.